The third-order valence-corrected chi connectivity index (χ3v) is 4.79. The average Bonchev–Trinajstić information content (AvgIpc) is 3.24. The lowest BCUT2D eigenvalue weighted by Crippen LogP contribution is -2.42. The number of H-pyrrole nitrogens is 1. The van der Waals surface area contributed by atoms with Crippen molar-refractivity contribution in [2.24, 2.45) is 0 Å². The zero-order chi connectivity index (χ0) is 21.0. The largest absolute Gasteiger partial charge is 0.446 e. The van der Waals surface area contributed by atoms with Crippen LogP contribution in [-0.4, -0.2) is 38.8 Å². The fourth-order valence-electron chi connectivity index (χ4n) is 3.29. The first-order valence-electron chi connectivity index (χ1n) is 9.62. The number of carbonyl (C=O) groups is 2. The fraction of sp³-hybridized carbons (Fsp3) is 0.500. The zero-order valence-corrected chi connectivity index (χ0v) is 17.5. The summed E-state index contributed by atoms with van der Waals surface area (Å²) in [6.07, 6.45) is 3.54. The second-order valence-corrected chi connectivity index (χ2v) is 8.75. The van der Waals surface area contributed by atoms with Crippen molar-refractivity contribution < 1.29 is 14.3 Å². The Morgan fingerprint density at radius 2 is 2.10 bits per heavy atom. The number of pyridine rings is 1. The van der Waals surface area contributed by atoms with Gasteiger partial charge in [-0.3, -0.25) is 14.9 Å². The van der Waals surface area contributed by atoms with E-state index >= 15 is 0 Å². The molecule has 2 aromatic heterocycles. The molecular weight excluding hydrogens is 394 g/mol. The van der Waals surface area contributed by atoms with Gasteiger partial charge in [-0.25, -0.2) is 4.79 Å². The average molecular weight is 420 g/mol. The summed E-state index contributed by atoms with van der Waals surface area (Å²) in [5.41, 5.74) is 1.23. The molecule has 29 heavy (non-hydrogen) atoms. The summed E-state index contributed by atoms with van der Waals surface area (Å²) in [6, 6.07) is 5.24. The molecule has 1 fully saturated rings. The Kier molecular flexibility index (Phi) is 6.42. The molecule has 0 aromatic carbocycles. The van der Waals surface area contributed by atoms with Crippen molar-refractivity contribution in [1.82, 2.24) is 20.5 Å². The van der Waals surface area contributed by atoms with Gasteiger partial charge >= 0.3 is 6.09 Å². The minimum atomic E-state index is -0.392. The van der Waals surface area contributed by atoms with Crippen LogP contribution in [0.4, 0.5) is 10.6 Å². The van der Waals surface area contributed by atoms with Crippen LogP contribution in [0.3, 0.4) is 0 Å². The van der Waals surface area contributed by atoms with Crippen LogP contribution in [0, 0.1) is 0 Å². The van der Waals surface area contributed by atoms with Crippen LogP contribution in [0.5, 0.6) is 0 Å². The van der Waals surface area contributed by atoms with Crippen molar-refractivity contribution in [2.75, 3.05) is 5.32 Å². The van der Waals surface area contributed by atoms with Gasteiger partial charge in [0.1, 0.15) is 6.10 Å². The van der Waals surface area contributed by atoms with Crippen LogP contribution in [0.2, 0.25) is 5.02 Å². The first kappa shape index (κ1) is 21.1. The van der Waals surface area contributed by atoms with Crippen molar-refractivity contribution in [1.29, 1.82) is 0 Å². The standard InChI is InChI=1S/C20H26ClN5O3/c1-20(2,3)24-19(28)29-15-7-4-12(8-15)16-10-17(26-25-16)23-18(27)9-14-6-5-13(21)11-22-14/h5-6,10-12,15H,4,7-9H2,1-3H3,(H,24,28)(H2,23,25,26,27)/t12-,15+/m0/s1. The number of nitrogens with one attached hydrogen (secondary N) is 3. The minimum absolute atomic E-state index is 0.125. The number of halogens is 1. The molecule has 0 saturated heterocycles. The van der Waals surface area contributed by atoms with E-state index in [4.69, 9.17) is 16.3 Å². The van der Waals surface area contributed by atoms with E-state index < -0.39 is 6.09 Å². The molecule has 8 nitrogen and oxygen atoms in total. The number of anilines is 1. The summed E-state index contributed by atoms with van der Waals surface area (Å²) < 4.78 is 5.51. The quantitative estimate of drug-likeness (QED) is 0.682. The van der Waals surface area contributed by atoms with Crippen LogP contribution < -0.4 is 10.6 Å². The number of aromatic nitrogens is 3. The number of aromatic amines is 1. The molecule has 1 aliphatic carbocycles. The Hall–Kier alpha value is -2.61. The number of amides is 2. The summed E-state index contributed by atoms with van der Waals surface area (Å²) in [4.78, 5) is 28.2. The Morgan fingerprint density at radius 1 is 1.31 bits per heavy atom. The van der Waals surface area contributed by atoms with Crippen LogP contribution in [0.25, 0.3) is 0 Å². The Bertz CT molecular complexity index is 860. The molecule has 0 spiro atoms. The highest BCUT2D eigenvalue weighted by Gasteiger charge is 2.30. The minimum Gasteiger partial charge on any atom is -0.446 e. The number of nitrogens with zero attached hydrogens (tertiary/aromatic N) is 2. The molecular formula is C20H26ClN5O3. The van der Waals surface area contributed by atoms with Crippen LogP contribution >= 0.6 is 11.6 Å². The van der Waals surface area contributed by atoms with Gasteiger partial charge in [-0.05, 0) is 52.2 Å². The van der Waals surface area contributed by atoms with Crippen molar-refractivity contribution in [3.63, 3.8) is 0 Å². The van der Waals surface area contributed by atoms with Gasteiger partial charge in [0, 0.05) is 35.1 Å². The predicted octanol–water partition coefficient (Wildman–Crippen LogP) is 3.80. The lowest BCUT2D eigenvalue weighted by Gasteiger charge is -2.22. The number of rotatable bonds is 5. The predicted molar refractivity (Wildman–Crippen MR) is 110 cm³/mol. The smallest absolute Gasteiger partial charge is 0.407 e. The van der Waals surface area contributed by atoms with Gasteiger partial charge in [-0.15, -0.1) is 0 Å². The number of alkyl carbamates (subject to hydrolysis) is 1. The van der Waals surface area contributed by atoms with E-state index in [1.54, 1.807) is 12.1 Å². The Labute approximate surface area is 174 Å². The number of hydrogen-bond donors (Lipinski definition) is 3. The number of ether oxygens (including phenoxy) is 1. The lowest BCUT2D eigenvalue weighted by atomic mass is 10.0. The van der Waals surface area contributed by atoms with Gasteiger partial charge in [0.2, 0.25) is 5.91 Å². The summed E-state index contributed by atoms with van der Waals surface area (Å²) >= 11 is 5.80. The van der Waals surface area contributed by atoms with E-state index in [0.29, 0.717) is 16.5 Å². The maximum absolute atomic E-state index is 12.2. The summed E-state index contributed by atoms with van der Waals surface area (Å²) in [7, 11) is 0. The summed E-state index contributed by atoms with van der Waals surface area (Å²) in [5.74, 6) is 0.469. The van der Waals surface area contributed by atoms with Crippen molar-refractivity contribution in [3.8, 4) is 0 Å². The highest BCUT2D eigenvalue weighted by molar-refractivity contribution is 6.30. The molecule has 3 rings (SSSR count). The Balaban J connectivity index is 1.49. The normalized spacial score (nSPS) is 19.0. The van der Waals surface area contributed by atoms with E-state index in [2.05, 4.69) is 25.8 Å². The molecule has 0 bridgehead atoms. The highest BCUT2D eigenvalue weighted by atomic mass is 35.5. The summed E-state index contributed by atoms with van der Waals surface area (Å²) in [6.45, 7) is 5.74. The van der Waals surface area contributed by atoms with E-state index in [1.165, 1.54) is 6.20 Å². The van der Waals surface area contributed by atoms with Crippen LogP contribution in [0.1, 0.15) is 57.3 Å². The SMILES string of the molecule is CC(C)(C)NC(=O)O[C@@H]1CC[C@H](c2cc(NC(=O)Cc3ccc(Cl)cn3)n[nH]2)C1. The second kappa shape index (κ2) is 8.82. The highest BCUT2D eigenvalue weighted by Crippen LogP contribution is 2.35. The van der Waals surface area contributed by atoms with Crippen LogP contribution in [-0.2, 0) is 16.0 Å². The van der Waals surface area contributed by atoms with Gasteiger partial charge in [0.15, 0.2) is 5.82 Å². The van der Waals surface area contributed by atoms with Crippen molar-refractivity contribution in [2.45, 2.75) is 64.0 Å². The monoisotopic (exact) mass is 419 g/mol. The zero-order valence-electron chi connectivity index (χ0n) is 16.8. The van der Waals surface area contributed by atoms with E-state index in [0.717, 1.165) is 25.0 Å². The second-order valence-electron chi connectivity index (χ2n) is 8.31. The van der Waals surface area contributed by atoms with Crippen LogP contribution in [0.15, 0.2) is 24.4 Å². The molecule has 1 aliphatic rings. The van der Waals surface area contributed by atoms with E-state index in [9.17, 15) is 9.59 Å². The fourth-order valence-corrected chi connectivity index (χ4v) is 3.40. The molecule has 2 aromatic rings. The molecule has 9 heteroatoms. The lowest BCUT2D eigenvalue weighted by molar-refractivity contribution is -0.115. The number of hydrogen-bond acceptors (Lipinski definition) is 5. The van der Waals surface area contributed by atoms with Gasteiger partial charge in [0.05, 0.1) is 11.4 Å². The maximum atomic E-state index is 12.2. The van der Waals surface area contributed by atoms with Gasteiger partial charge in [0.25, 0.3) is 0 Å². The third kappa shape index (κ3) is 6.45. The topological polar surface area (TPSA) is 109 Å². The molecule has 3 N–H and O–H groups in total. The van der Waals surface area contributed by atoms with Gasteiger partial charge < -0.3 is 15.4 Å². The molecule has 0 unspecified atom stereocenters. The first-order chi connectivity index (χ1) is 13.7. The first-order valence-corrected chi connectivity index (χ1v) is 10.00. The van der Waals surface area contributed by atoms with Crippen molar-refractivity contribution in [3.05, 3.63) is 40.8 Å². The van der Waals surface area contributed by atoms with E-state index in [-0.39, 0.29) is 29.9 Å². The molecule has 1 saturated carbocycles. The Morgan fingerprint density at radius 3 is 2.79 bits per heavy atom. The molecule has 156 valence electrons. The molecule has 0 radical (unpaired) electrons. The number of carbonyl (C=O) groups excluding carboxylic acids is 2. The molecule has 2 atom stereocenters. The third-order valence-electron chi connectivity index (χ3n) is 4.57. The molecule has 2 heterocycles. The molecule has 0 aliphatic heterocycles. The van der Waals surface area contributed by atoms with Gasteiger partial charge in [-0.2, -0.15) is 5.10 Å². The van der Waals surface area contributed by atoms with Crippen molar-refractivity contribution >= 4 is 29.4 Å². The molecule has 2 amide bonds. The maximum Gasteiger partial charge on any atom is 0.407 e. The summed E-state index contributed by atoms with van der Waals surface area (Å²) in [5, 5.41) is 13.3. The van der Waals surface area contributed by atoms with E-state index in [1.807, 2.05) is 26.8 Å². The van der Waals surface area contributed by atoms with Gasteiger partial charge in [-0.1, -0.05) is 11.6 Å².